The summed E-state index contributed by atoms with van der Waals surface area (Å²) in [6.45, 7) is 3.08. The first-order valence-electron chi connectivity index (χ1n) is 9.94. The molecule has 0 spiro atoms. The average Bonchev–Trinajstić information content (AvgIpc) is 2.75. The average molecular weight is 365 g/mol. The SMILES string of the molecule is O=C(N[C@@H]1CCOC[C@@H]1C1CCOCC1)c1ccccc1-c1ccccc1. The van der Waals surface area contributed by atoms with E-state index in [4.69, 9.17) is 9.47 Å². The van der Waals surface area contributed by atoms with Crippen molar-refractivity contribution >= 4 is 5.91 Å². The van der Waals surface area contributed by atoms with Gasteiger partial charge in [0, 0.05) is 37.3 Å². The maximum atomic E-state index is 13.2. The van der Waals surface area contributed by atoms with Gasteiger partial charge in [-0.15, -0.1) is 0 Å². The molecule has 2 aliphatic heterocycles. The molecule has 0 bridgehead atoms. The van der Waals surface area contributed by atoms with Crippen LogP contribution in [0, 0.1) is 11.8 Å². The predicted octanol–water partition coefficient (Wildman–Crippen LogP) is 3.92. The Labute approximate surface area is 160 Å². The van der Waals surface area contributed by atoms with Crippen LogP contribution in [0.25, 0.3) is 11.1 Å². The Kier molecular flexibility index (Phi) is 5.85. The number of benzene rings is 2. The van der Waals surface area contributed by atoms with Gasteiger partial charge in [0.05, 0.1) is 6.61 Å². The molecule has 4 heteroatoms. The fourth-order valence-corrected chi connectivity index (χ4v) is 4.34. The Morgan fingerprint density at radius 2 is 1.56 bits per heavy atom. The van der Waals surface area contributed by atoms with Crippen LogP contribution in [0.2, 0.25) is 0 Å². The molecule has 2 aromatic carbocycles. The Morgan fingerprint density at radius 3 is 2.37 bits per heavy atom. The zero-order valence-electron chi connectivity index (χ0n) is 15.6. The molecule has 1 amide bonds. The molecule has 0 unspecified atom stereocenters. The Balaban J connectivity index is 1.53. The molecule has 27 heavy (non-hydrogen) atoms. The molecule has 2 fully saturated rings. The molecule has 2 heterocycles. The van der Waals surface area contributed by atoms with E-state index in [0.717, 1.165) is 55.8 Å². The minimum atomic E-state index is 0.0124. The van der Waals surface area contributed by atoms with E-state index in [1.165, 1.54) is 0 Å². The van der Waals surface area contributed by atoms with Crippen molar-refractivity contribution in [1.29, 1.82) is 0 Å². The highest BCUT2D eigenvalue weighted by molar-refractivity contribution is 6.01. The second-order valence-corrected chi connectivity index (χ2v) is 7.47. The predicted molar refractivity (Wildman–Crippen MR) is 106 cm³/mol. The molecule has 0 aromatic heterocycles. The zero-order chi connectivity index (χ0) is 18.5. The zero-order valence-corrected chi connectivity index (χ0v) is 15.6. The smallest absolute Gasteiger partial charge is 0.252 e. The van der Waals surface area contributed by atoms with Gasteiger partial charge in [0.1, 0.15) is 0 Å². The lowest BCUT2D eigenvalue weighted by Crippen LogP contribution is -2.49. The van der Waals surface area contributed by atoms with Gasteiger partial charge in [-0.25, -0.2) is 0 Å². The van der Waals surface area contributed by atoms with Crippen LogP contribution in [0.15, 0.2) is 54.6 Å². The summed E-state index contributed by atoms with van der Waals surface area (Å²) in [7, 11) is 0. The number of carbonyl (C=O) groups is 1. The maximum Gasteiger partial charge on any atom is 0.252 e. The Hall–Kier alpha value is -2.17. The van der Waals surface area contributed by atoms with Gasteiger partial charge in [0.25, 0.3) is 5.91 Å². The van der Waals surface area contributed by atoms with Crippen molar-refractivity contribution in [3.05, 3.63) is 60.2 Å². The van der Waals surface area contributed by atoms with Gasteiger partial charge in [-0.3, -0.25) is 4.79 Å². The quantitative estimate of drug-likeness (QED) is 0.893. The van der Waals surface area contributed by atoms with Crippen LogP contribution in [-0.4, -0.2) is 38.4 Å². The number of hydrogen-bond acceptors (Lipinski definition) is 3. The Bertz CT molecular complexity index is 755. The Morgan fingerprint density at radius 1 is 0.852 bits per heavy atom. The van der Waals surface area contributed by atoms with Crippen molar-refractivity contribution in [2.24, 2.45) is 11.8 Å². The van der Waals surface area contributed by atoms with E-state index in [0.29, 0.717) is 18.4 Å². The number of ether oxygens (including phenoxy) is 2. The van der Waals surface area contributed by atoms with Gasteiger partial charge in [-0.1, -0.05) is 48.5 Å². The highest BCUT2D eigenvalue weighted by atomic mass is 16.5. The molecule has 0 radical (unpaired) electrons. The fraction of sp³-hybridized carbons (Fsp3) is 0.435. The van der Waals surface area contributed by atoms with Crippen LogP contribution >= 0.6 is 0 Å². The van der Waals surface area contributed by atoms with Gasteiger partial charge < -0.3 is 14.8 Å². The molecule has 4 nitrogen and oxygen atoms in total. The fourth-order valence-electron chi connectivity index (χ4n) is 4.34. The highest BCUT2D eigenvalue weighted by Gasteiger charge is 2.34. The summed E-state index contributed by atoms with van der Waals surface area (Å²) in [6, 6.07) is 18.1. The first kappa shape index (κ1) is 18.2. The van der Waals surface area contributed by atoms with Crippen molar-refractivity contribution in [2.75, 3.05) is 26.4 Å². The summed E-state index contributed by atoms with van der Waals surface area (Å²) >= 11 is 0. The number of nitrogens with one attached hydrogen (secondary N) is 1. The molecule has 0 aliphatic carbocycles. The third-order valence-electron chi connectivity index (χ3n) is 5.84. The summed E-state index contributed by atoms with van der Waals surface area (Å²) < 4.78 is 11.3. The molecule has 4 rings (SSSR count). The normalized spacial score (nSPS) is 23.7. The number of carbonyl (C=O) groups excluding carboxylic acids is 1. The van der Waals surface area contributed by atoms with Gasteiger partial charge in [0.15, 0.2) is 0 Å². The van der Waals surface area contributed by atoms with E-state index in [2.05, 4.69) is 5.32 Å². The summed E-state index contributed by atoms with van der Waals surface area (Å²) in [6.07, 6.45) is 2.99. The topological polar surface area (TPSA) is 47.6 Å². The summed E-state index contributed by atoms with van der Waals surface area (Å²) in [4.78, 5) is 13.2. The van der Waals surface area contributed by atoms with E-state index < -0.39 is 0 Å². The van der Waals surface area contributed by atoms with E-state index >= 15 is 0 Å². The summed E-state index contributed by atoms with van der Waals surface area (Å²) in [5.41, 5.74) is 2.78. The lowest BCUT2D eigenvalue weighted by molar-refractivity contribution is -0.0259. The van der Waals surface area contributed by atoms with Crippen LogP contribution in [0.4, 0.5) is 0 Å². The lowest BCUT2D eigenvalue weighted by atomic mass is 9.79. The molecule has 2 atom stereocenters. The standard InChI is InChI=1S/C23H27NO3/c25-23(20-9-5-4-8-19(20)17-6-2-1-3-7-17)24-22-12-15-27-16-21(22)18-10-13-26-14-11-18/h1-9,18,21-22H,10-16H2,(H,24,25)/t21-,22-/m1/s1. The molecule has 142 valence electrons. The van der Waals surface area contributed by atoms with Gasteiger partial charge in [0.2, 0.25) is 0 Å². The molecule has 2 aliphatic rings. The monoisotopic (exact) mass is 365 g/mol. The van der Waals surface area contributed by atoms with Crippen LogP contribution in [0.3, 0.4) is 0 Å². The maximum absolute atomic E-state index is 13.2. The summed E-state index contributed by atoms with van der Waals surface area (Å²) in [5, 5.41) is 3.33. The van der Waals surface area contributed by atoms with E-state index in [-0.39, 0.29) is 11.9 Å². The third kappa shape index (κ3) is 4.23. The van der Waals surface area contributed by atoms with Gasteiger partial charge in [-0.05, 0) is 42.4 Å². The first-order chi connectivity index (χ1) is 13.3. The van der Waals surface area contributed by atoms with Crippen molar-refractivity contribution in [3.8, 4) is 11.1 Å². The van der Waals surface area contributed by atoms with Crippen LogP contribution in [0.1, 0.15) is 29.6 Å². The molecule has 0 saturated carbocycles. The van der Waals surface area contributed by atoms with Crippen LogP contribution in [-0.2, 0) is 9.47 Å². The van der Waals surface area contributed by atoms with Crippen molar-refractivity contribution in [1.82, 2.24) is 5.32 Å². The highest BCUT2D eigenvalue weighted by Crippen LogP contribution is 2.31. The number of amides is 1. The van der Waals surface area contributed by atoms with Crippen molar-refractivity contribution in [3.63, 3.8) is 0 Å². The van der Waals surface area contributed by atoms with E-state index in [1.54, 1.807) is 0 Å². The largest absolute Gasteiger partial charge is 0.381 e. The number of rotatable bonds is 4. The second kappa shape index (κ2) is 8.68. The molecular weight excluding hydrogens is 338 g/mol. The molecule has 1 N–H and O–H groups in total. The van der Waals surface area contributed by atoms with Crippen LogP contribution in [0.5, 0.6) is 0 Å². The number of hydrogen-bond donors (Lipinski definition) is 1. The second-order valence-electron chi connectivity index (χ2n) is 7.47. The van der Waals surface area contributed by atoms with Crippen molar-refractivity contribution in [2.45, 2.75) is 25.3 Å². The van der Waals surface area contributed by atoms with Gasteiger partial charge >= 0.3 is 0 Å². The summed E-state index contributed by atoms with van der Waals surface area (Å²) in [5.74, 6) is 0.947. The molecular formula is C23H27NO3. The molecule has 2 aromatic rings. The van der Waals surface area contributed by atoms with E-state index in [1.807, 2.05) is 54.6 Å². The lowest BCUT2D eigenvalue weighted by Gasteiger charge is -2.39. The first-order valence-corrected chi connectivity index (χ1v) is 9.94. The van der Waals surface area contributed by atoms with Crippen molar-refractivity contribution < 1.29 is 14.3 Å². The third-order valence-corrected chi connectivity index (χ3v) is 5.84. The van der Waals surface area contributed by atoms with Crippen LogP contribution < -0.4 is 5.32 Å². The minimum Gasteiger partial charge on any atom is -0.381 e. The molecule has 2 saturated heterocycles. The minimum absolute atomic E-state index is 0.0124. The van der Waals surface area contributed by atoms with Gasteiger partial charge in [-0.2, -0.15) is 0 Å². The van der Waals surface area contributed by atoms with E-state index in [9.17, 15) is 4.79 Å².